The SMILES string of the molecule is COc1ccc(C)c(S(=O)(=O)N2CCC[C@H]2C(=O)Nc2cccc([N+](=O)[O-])c2)c1. The highest BCUT2D eigenvalue weighted by molar-refractivity contribution is 7.89. The zero-order valence-corrected chi connectivity index (χ0v) is 16.8. The number of anilines is 1. The van der Waals surface area contributed by atoms with E-state index in [4.69, 9.17) is 4.74 Å². The summed E-state index contributed by atoms with van der Waals surface area (Å²) in [6.45, 7) is 1.90. The fourth-order valence-electron chi connectivity index (χ4n) is 3.32. The maximum absolute atomic E-state index is 13.2. The maximum atomic E-state index is 13.2. The number of nitrogens with zero attached hydrogens (tertiary/aromatic N) is 2. The molecule has 1 atom stereocenters. The van der Waals surface area contributed by atoms with E-state index in [1.54, 1.807) is 19.1 Å². The molecule has 0 aromatic heterocycles. The summed E-state index contributed by atoms with van der Waals surface area (Å²) in [6, 6.07) is 9.39. The average Bonchev–Trinajstić information content (AvgIpc) is 3.19. The summed E-state index contributed by atoms with van der Waals surface area (Å²) in [5.74, 6) is -0.113. The Bertz CT molecular complexity index is 1050. The molecule has 1 fully saturated rings. The van der Waals surface area contributed by atoms with Gasteiger partial charge < -0.3 is 10.1 Å². The van der Waals surface area contributed by atoms with Crippen molar-refractivity contribution in [2.24, 2.45) is 0 Å². The van der Waals surface area contributed by atoms with Gasteiger partial charge in [0.1, 0.15) is 11.8 Å². The monoisotopic (exact) mass is 419 g/mol. The number of non-ortho nitro benzene ring substituents is 1. The molecule has 9 nitrogen and oxygen atoms in total. The van der Waals surface area contributed by atoms with E-state index < -0.39 is 26.9 Å². The summed E-state index contributed by atoms with van der Waals surface area (Å²) >= 11 is 0. The number of aryl methyl sites for hydroxylation is 1. The summed E-state index contributed by atoms with van der Waals surface area (Å²) in [4.78, 5) is 23.2. The Balaban J connectivity index is 1.86. The van der Waals surface area contributed by atoms with Crippen LogP contribution in [0.5, 0.6) is 5.75 Å². The van der Waals surface area contributed by atoms with Crippen molar-refractivity contribution in [1.82, 2.24) is 4.31 Å². The van der Waals surface area contributed by atoms with E-state index in [1.807, 2.05) is 0 Å². The second kappa shape index (κ2) is 8.18. The molecule has 1 N–H and O–H groups in total. The molecule has 1 aliphatic rings. The zero-order chi connectivity index (χ0) is 21.2. The number of ether oxygens (including phenoxy) is 1. The van der Waals surface area contributed by atoms with Gasteiger partial charge in [0.15, 0.2) is 0 Å². The minimum atomic E-state index is -3.93. The van der Waals surface area contributed by atoms with Crippen LogP contribution in [0.4, 0.5) is 11.4 Å². The minimum absolute atomic E-state index is 0.0897. The van der Waals surface area contributed by atoms with Gasteiger partial charge in [0, 0.05) is 30.4 Å². The lowest BCUT2D eigenvalue weighted by molar-refractivity contribution is -0.384. The smallest absolute Gasteiger partial charge is 0.271 e. The lowest BCUT2D eigenvalue weighted by atomic mass is 10.2. The first-order valence-corrected chi connectivity index (χ1v) is 10.4. The van der Waals surface area contributed by atoms with Gasteiger partial charge in [-0.25, -0.2) is 8.42 Å². The van der Waals surface area contributed by atoms with Crippen molar-refractivity contribution in [2.45, 2.75) is 30.7 Å². The fourth-order valence-corrected chi connectivity index (χ4v) is 5.22. The number of nitrogens with one attached hydrogen (secondary N) is 1. The molecule has 0 spiro atoms. The number of carbonyl (C=O) groups is 1. The van der Waals surface area contributed by atoms with Gasteiger partial charge in [-0.15, -0.1) is 0 Å². The van der Waals surface area contributed by atoms with Crippen molar-refractivity contribution in [2.75, 3.05) is 19.0 Å². The fraction of sp³-hybridized carbons (Fsp3) is 0.316. The van der Waals surface area contributed by atoms with E-state index in [0.717, 1.165) is 0 Å². The van der Waals surface area contributed by atoms with Gasteiger partial charge in [-0.05, 0) is 37.5 Å². The average molecular weight is 419 g/mol. The third kappa shape index (κ3) is 4.22. The standard InChI is InChI=1S/C19H21N3O6S/c1-13-8-9-16(28-2)12-18(13)29(26,27)21-10-4-7-17(21)19(23)20-14-5-3-6-15(11-14)22(24)25/h3,5-6,8-9,11-12,17H,4,7,10H2,1-2H3,(H,20,23)/t17-/m0/s1. The number of rotatable bonds is 6. The van der Waals surface area contributed by atoms with Crippen LogP contribution in [0, 0.1) is 17.0 Å². The lowest BCUT2D eigenvalue weighted by Gasteiger charge is -2.24. The van der Waals surface area contributed by atoms with Crippen LogP contribution < -0.4 is 10.1 Å². The molecule has 2 aromatic rings. The van der Waals surface area contributed by atoms with Crippen LogP contribution in [-0.2, 0) is 14.8 Å². The van der Waals surface area contributed by atoms with E-state index in [1.165, 1.54) is 41.7 Å². The van der Waals surface area contributed by atoms with Crippen LogP contribution in [0.1, 0.15) is 18.4 Å². The summed E-state index contributed by atoms with van der Waals surface area (Å²) in [5.41, 5.74) is 0.632. The largest absolute Gasteiger partial charge is 0.497 e. The molecule has 0 aliphatic carbocycles. The maximum Gasteiger partial charge on any atom is 0.271 e. The van der Waals surface area contributed by atoms with Gasteiger partial charge in [-0.2, -0.15) is 4.31 Å². The van der Waals surface area contributed by atoms with Crippen molar-refractivity contribution in [3.05, 3.63) is 58.1 Å². The number of nitro benzene ring substituents is 1. The molecule has 0 unspecified atom stereocenters. The van der Waals surface area contributed by atoms with E-state index in [2.05, 4.69) is 5.32 Å². The van der Waals surface area contributed by atoms with Crippen molar-refractivity contribution in [1.29, 1.82) is 0 Å². The van der Waals surface area contributed by atoms with Crippen LogP contribution in [0.15, 0.2) is 47.4 Å². The van der Waals surface area contributed by atoms with Gasteiger partial charge >= 0.3 is 0 Å². The summed E-state index contributed by atoms with van der Waals surface area (Å²) < 4.78 is 32.8. The van der Waals surface area contributed by atoms with Gasteiger partial charge in [0.25, 0.3) is 5.69 Å². The van der Waals surface area contributed by atoms with E-state index in [-0.39, 0.29) is 22.8 Å². The molecular weight excluding hydrogens is 398 g/mol. The molecule has 2 aromatic carbocycles. The number of nitro groups is 1. The van der Waals surface area contributed by atoms with E-state index in [0.29, 0.717) is 24.2 Å². The number of amides is 1. The number of hydrogen-bond donors (Lipinski definition) is 1. The number of methoxy groups -OCH3 is 1. The predicted octanol–water partition coefficient (Wildman–Crippen LogP) is 2.70. The van der Waals surface area contributed by atoms with Crippen LogP contribution in [0.3, 0.4) is 0 Å². The van der Waals surface area contributed by atoms with E-state index >= 15 is 0 Å². The predicted molar refractivity (Wildman–Crippen MR) is 106 cm³/mol. The second-order valence-corrected chi connectivity index (χ2v) is 8.56. The molecule has 1 amide bonds. The molecule has 3 rings (SSSR count). The first-order chi connectivity index (χ1) is 13.7. The minimum Gasteiger partial charge on any atom is -0.497 e. The van der Waals surface area contributed by atoms with Crippen LogP contribution in [0.2, 0.25) is 0 Å². The Kier molecular flexibility index (Phi) is 5.85. The van der Waals surface area contributed by atoms with Crippen LogP contribution in [-0.4, -0.2) is 43.2 Å². The van der Waals surface area contributed by atoms with Gasteiger partial charge in [-0.3, -0.25) is 14.9 Å². The van der Waals surface area contributed by atoms with Gasteiger partial charge in [0.2, 0.25) is 15.9 Å². The normalized spacial score (nSPS) is 17.1. The molecule has 0 radical (unpaired) electrons. The summed E-state index contributed by atoms with van der Waals surface area (Å²) in [6.07, 6.45) is 0.901. The molecule has 0 saturated carbocycles. The van der Waals surface area contributed by atoms with Crippen molar-refractivity contribution >= 4 is 27.3 Å². The van der Waals surface area contributed by atoms with Crippen molar-refractivity contribution in [3.63, 3.8) is 0 Å². The zero-order valence-electron chi connectivity index (χ0n) is 16.0. The van der Waals surface area contributed by atoms with Crippen molar-refractivity contribution < 1.29 is 22.9 Å². The third-order valence-electron chi connectivity index (χ3n) is 4.81. The highest BCUT2D eigenvalue weighted by atomic mass is 32.2. The third-order valence-corrected chi connectivity index (χ3v) is 6.86. The highest BCUT2D eigenvalue weighted by Crippen LogP contribution is 2.31. The molecule has 1 heterocycles. The Labute approximate surface area is 168 Å². The molecule has 29 heavy (non-hydrogen) atoms. The number of hydrogen-bond acceptors (Lipinski definition) is 6. The van der Waals surface area contributed by atoms with E-state index in [9.17, 15) is 23.3 Å². The Hall–Kier alpha value is -2.98. The lowest BCUT2D eigenvalue weighted by Crippen LogP contribution is -2.43. The van der Waals surface area contributed by atoms with Crippen LogP contribution >= 0.6 is 0 Å². The molecule has 154 valence electrons. The Morgan fingerprint density at radius 2 is 2.03 bits per heavy atom. The quantitative estimate of drug-likeness (QED) is 0.568. The highest BCUT2D eigenvalue weighted by Gasteiger charge is 2.40. The topological polar surface area (TPSA) is 119 Å². The summed E-state index contributed by atoms with van der Waals surface area (Å²) in [5, 5.41) is 13.5. The number of carbonyl (C=O) groups excluding carboxylic acids is 1. The number of benzene rings is 2. The molecule has 10 heteroatoms. The molecule has 0 bridgehead atoms. The van der Waals surface area contributed by atoms with Crippen molar-refractivity contribution in [3.8, 4) is 5.75 Å². The molecule has 1 aliphatic heterocycles. The molecule has 1 saturated heterocycles. The molecular formula is C19H21N3O6S. The second-order valence-electron chi connectivity index (χ2n) is 6.70. The van der Waals surface area contributed by atoms with Gasteiger partial charge in [-0.1, -0.05) is 12.1 Å². The number of sulfonamides is 1. The Morgan fingerprint density at radius 1 is 1.28 bits per heavy atom. The van der Waals surface area contributed by atoms with Gasteiger partial charge in [0.05, 0.1) is 16.9 Å². The first kappa shape index (κ1) is 20.7. The first-order valence-electron chi connectivity index (χ1n) is 8.96. The summed E-state index contributed by atoms with van der Waals surface area (Å²) in [7, 11) is -2.48. The Morgan fingerprint density at radius 3 is 2.72 bits per heavy atom. The van der Waals surface area contributed by atoms with Crippen LogP contribution in [0.25, 0.3) is 0 Å².